The minimum absolute atomic E-state index is 0.918. The fourth-order valence-corrected chi connectivity index (χ4v) is 9.14. The Kier molecular flexibility index (Phi) is 5.57. The van der Waals surface area contributed by atoms with Crippen molar-refractivity contribution >= 4 is 86.7 Å². The molecule has 2 nitrogen and oxygen atoms in total. The van der Waals surface area contributed by atoms with Crippen molar-refractivity contribution in [3.63, 3.8) is 0 Å². The van der Waals surface area contributed by atoms with Crippen molar-refractivity contribution in [3.05, 3.63) is 163 Å². The number of furan rings is 1. The molecule has 0 aliphatic rings. The second-order valence-electron chi connectivity index (χ2n) is 12.8. The Hall–Kier alpha value is -6.16. The maximum atomic E-state index is 6.73. The van der Waals surface area contributed by atoms with E-state index in [4.69, 9.17) is 4.42 Å². The average molecular weight is 642 g/mol. The van der Waals surface area contributed by atoms with Crippen LogP contribution in [0.4, 0.5) is 0 Å². The molecule has 0 spiro atoms. The minimum Gasteiger partial charge on any atom is -0.455 e. The van der Waals surface area contributed by atoms with Gasteiger partial charge in [0.2, 0.25) is 0 Å². The molecule has 11 aromatic rings. The Morgan fingerprint density at radius 1 is 0.449 bits per heavy atom. The van der Waals surface area contributed by atoms with E-state index in [0.29, 0.717) is 0 Å². The van der Waals surface area contributed by atoms with Crippen molar-refractivity contribution in [1.29, 1.82) is 0 Å². The van der Waals surface area contributed by atoms with Gasteiger partial charge in [-0.25, -0.2) is 0 Å². The van der Waals surface area contributed by atoms with Crippen LogP contribution in [0.2, 0.25) is 0 Å². The molecule has 228 valence electrons. The van der Waals surface area contributed by atoms with E-state index in [9.17, 15) is 0 Å². The molecule has 0 fully saturated rings. The second kappa shape index (κ2) is 10.2. The van der Waals surface area contributed by atoms with E-state index in [1.165, 1.54) is 75.7 Å². The highest BCUT2D eigenvalue weighted by atomic mass is 32.1. The van der Waals surface area contributed by atoms with Crippen LogP contribution in [0.25, 0.3) is 103 Å². The van der Waals surface area contributed by atoms with Gasteiger partial charge in [-0.2, -0.15) is 0 Å². The van der Waals surface area contributed by atoms with Crippen molar-refractivity contribution in [3.8, 4) is 27.9 Å². The van der Waals surface area contributed by atoms with Crippen LogP contribution in [0.15, 0.2) is 168 Å². The fourth-order valence-electron chi connectivity index (χ4n) is 8.19. The first-order valence-corrected chi connectivity index (χ1v) is 17.6. The third kappa shape index (κ3) is 3.76. The smallest absolute Gasteiger partial charge is 0.143 e. The molecular formula is C46H27NOS. The number of para-hydroxylation sites is 3. The number of thiophene rings is 1. The minimum atomic E-state index is 0.918. The van der Waals surface area contributed by atoms with E-state index >= 15 is 0 Å². The molecule has 0 bridgehead atoms. The van der Waals surface area contributed by atoms with Crippen LogP contribution in [0.3, 0.4) is 0 Å². The van der Waals surface area contributed by atoms with E-state index in [1.54, 1.807) is 0 Å². The number of aromatic nitrogens is 1. The molecule has 0 atom stereocenters. The summed E-state index contributed by atoms with van der Waals surface area (Å²) in [6.07, 6.45) is 0. The van der Waals surface area contributed by atoms with Gasteiger partial charge < -0.3 is 8.98 Å². The highest BCUT2D eigenvalue weighted by Gasteiger charge is 2.24. The lowest BCUT2D eigenvalue weighted by molar-refractivity contribution is 0.673. The van der Waals surface area contributed by atoms with Crippen LogP contribution in [-0.4, -0.2) is 4.57 Å². The molecule has 8 aromatic carbocycles. The summed E-state index contributed by atoms with van der Waals surface area (Å²) in [7, 11) is 0. The number of benzene rings is 8. The third-order valence-corrected chi connectivity index (χ3v) is 11.2. The highest BCUT2D eigenvalue weighted by molar-refractivity contribution is 7.17. The fraction of sp³-hybridized carbons (Fsp3) is 0. The van der Waals surface area contributed by atoms with Crippen molar-refractivity contribution in [1.82, 2.24) is 4.57 Å². The summed E-state index contributed by atoms with van der Waals surface area (Å²) in [5, 5.41) is 13.2. The first kappa shape index (κ1) is 26.9. The average Bonchev–Trinajstić information content (AvgIpc) is 3.86. The Balaban J connectivity index is 1.32. The van der Waals surface area contributed by atoms with Crippen LogP contribution in [0, 0.1) is 0 Å². The maximum absolute atomic E-state index is 6.73. The topological polar surface area (TPSA) is 18.1 Å². The van der Waals surface area contributed by atoms with E-state index in [-0.39, 0.29) is 0 Å². The molecule has 0 amide bonds. The van der Waals surface area contributed by atoms with E-state index in [0.717, 1.165) is 27.6 Å². The summed E-state index contributed by atoms with van der Waals surface area (Å²) in [4.78, 5) is 0. The number of rotatable bonds is 3. The van der Waals surface area contributed by atoms with Gasteiger partial charge in [0.25, 0.3) is 0 Å². The molecular weight excluding hydrogens is 615 g/mol. The van der Waals surface area contributed by atoms with Crippen LogP contribution >= 0.6 is 11.3 Å². The van der Waals surface area contributed by atoms with Crippen LogP contribution < -0.4 is 0 Å². The summed E-state index contributed by atoms with van der Waals surface area (Å²) >= 11 is 1.81. The summed E-state index contributed by atoms with van der Waals surface area (Å²) in [5.74, 6) is 0. The van der Waals surface area contributed by atoms with E-state index in [1.807, 2.05) is 11.3 Å². The zero-order valence-corrected chi connectivity index (χ0v) is 27.2. The molecule has 0 aliphatic carbocycles. The zero-order valence-electron chi connectivity index (χ0n) is 26.4. The molecule has 0 saturated carbocycles. The summed E-state index contributed by atoms with van der Waals surface area (Å²) < 4.78 is 10.4. The molecule has 0 N–H and O–H groups in total. The Bertz CT molecular complexity index is 3100. The van der Waals surface area contributed by atoms with E-state index < -0.39 is 0 Å². The van der Waals surface area contributed by atoms with E-state index in [2.05, 4.69) is 168 Å². The molecule has 0 radical (unpaired) electrons. The van der Waals surface area contributed by atoms with Crippen molar-refractivity contribution in [2.24, 2.45) is 0 Å². The molecule has 11 rings (SSSR count). The first-order valence-electron chi connectivity index (χ1n) is 16.7. The summed E-state index contributed by atoms with van der Waals surface area (Å²) in [6.45, 7) is 0. The van der Waals surface area contributed by atoms with Gasteiger partial charge >= 0.3 is 0 Å². The second-order valence-corrected chi connectivity index (χ2v) is 13.7. The monoisotopic (exact) mass is 641 g/mol. The largest absolute Gasteiger partial charge is 0.455 e. The van der Waals surface area contributed by atoms with Crippen LogP contribution in [0.5, 0.6) is 0 Å². The SMILES string of the molecule is c1ccc(-n2c3ccccc3c3cc(-c4c(-c5csc6ccccc56)c5ccc6c7ccccc7oc6c5c5ccccc45)ccc32)cc1. The predicted molar refractivity (Wildman–Crippen MR) is 209 cm³/mol. The Morgan fingerprint density at radius 3 is 2.00 bits per heavy atom. The Morgan fingerprint density at radius 2 is 1.12 bits per heavy atom. The van der Waals surface area contributed by atoms with Gasteiger partial charge in [0.15, 0.2) is 0 Å². The molecule has 3 aromatic heterocycles. The number of hydrogen-bond acceptors (Lipinski definition) is 2. The van der Waals surface area contributed by atoms with Crippen LogP contribution in [0.1, 0.15) is 0 Å². The first-order chi connectivity index (χ1) is 24.3. The van der Waals surface area contributed by atoms with Crippen molar-refractivity contribution in [2.75, 3.05) is 0 Å². The van der Waals surface area contributed by atoms with Crippen molar-refractivity contribution < 1.29 is 4.42 Å². The molecule has 3 heterocycles. The lowest BCUT2D eigenvalue weighted by Crippen LogP contribution is -1.94. The van der Waals surface area contributed by atoms with Gasteiger partial charge in [0, 0.05) is 48.3 Å². The lowest BCUT2D eigenvalue weighted by Gasteiger charge is -2.19. The maximum Gasteiger partial charge on any atom is 0.143 e. The van der Waals surface area contributed by atoms with Gasteiger partial charge in [-0.3, -0.25) is 0 Å². The third-order valence-electron chi connectivity index (χ3n) is 10.3. The van der Waals surface area contributed by atoms with Gasteiger partial charge in [-0.15, -0.1) is 11.3 Å². The number of nitrogens with zero attached hydrogens (tertiary/aromatic N) is 1. The molecule has 0 saturated heterocycles. The summed E-state index contributed by atoms with van der Waals surface area (Å²) in [5.41, 5.74) is 10.4. The quantitative estimate of drug-likeness (QED) is 0.176. The summed E-state index contributed by atoms with van der Waals surface area (Å²) in [6, 6.07) is 57.2. The van der Waals surface area contributed by atoms with Gasteiger partial charge in [-0.1, -0.05) is 109 Å². The lowest BCUT2D eigenvalue weighted by atomic mass is 9.84. The van der Waals surface area contributed by atoms with Crippen molar-refractivity contribution in [2.45, 2.75) is 0 Å². The van der Waals surface area contributed by atoms with Crippen LogP contribution in [-0.2, 0) is 0 Å². The van der Waals surface area contributed by atoms with Gasteiger partial charge in [-0.05, 0) is 86.8 Å². The standard InChI is InChI=1S/C46H27NOS/c1-2-12-29(13-3-1)47-39-19-9-6-14-30(39)37-26-28(22-25-40(37)47)43-33-17-4-5-18-34(33)45-36(44(43)38-27-49-42-21-11-8-16-32(38)42)24-23-35-31-15-7-10-20-41(31)48-46(35)45/h1-27H. The van der Waals surface area contributed by atoms with Gasteiger partial charge in [0.05, 0.1) is 11.0 Å². The predicted octanol–water partition coefficient (Wildman–Crippen LogP) is 13.5. The molecule has 3 heteroatoms. The van der Waals surface area contributed by atoms with Gasteiger partial charge in [0.1, 0.15) is 11.2 Å². The number of fused-ring (bicyclic) bond motifs is 11. The molecule has 49 heavy (non-hydrogen) atoms. The highest BCUT2D eigenvalue weighted by Crippen LogP contribution is 2.50. The normalized spacial score (nSPS) is 12.1. The zero-order chi connectivity index (χ0) is 32.1. The molecule has 0 unspecified atom stereocenters. The Labute approximate surface area is 285 Å². The molecule has 0 aliphatic heterocycles. The number of hydrogen-bond donors (Lipinski definition) is 0.